The molecule has 0 unspecified atom stereocenters. The predicted molar refractivity (Wildman–Crippen MR) is 113 cm³/mol. The van der Waals surface area contributed by atoms with Crippen LogP contribution in [0.15, 0.2) is 35.7 Å². The van der Waals surface area contributed by atoms with Gasteiger partial charge in [0.15, 0.2) is 0 Å². The number of nitrogens with zero attached hydrogens (tertiary/aromatic N) is 1. The molecule has 0 radical (unpaired) electrons. The Morgan fingerprint density at radius 3 is 2.46 bits per heavy atom. The van der Waals surface area contributed by atoms with Gasteiger partial charge in [0.25, 0.3) is 11.8 Å². The van der Waals surface area contributed by atoms with Crippen molar-refractivity contribution < 1.29 is 14.4 Å². The van der Waals surface area contributed by atoms with Crippen LogP contribution in [-0.2, 0) is 4.79 Å². The van der Waals surface area contributed by atoms with E-state index in [2.05, 4.69) is 10.6 Å². The molecule has 0 spiro atoms. The number of rotatable bonds is 6. The highest BCUT2D eigenvalue weighted by Crippen LogP contribution is 2.25. The minimum Gasteiger partial charge on any atom is -0.350 e. The van der Waals surface area contributed by atoms with Gasteiger partial charge < -0.3 is 15.5 Å². The van der Waals surface area contributed by atoms with E-state index in [0.717, 1.165) is 0 Å². The van der Waals surface area contributed by atoms with Crippen LogP contribution in [0.1, 0.15) is 47.7 Å². The Labute approximate surface area is 173 Å². The van der Waals surface area contributed by atoms with Crippen molar-refractivity contribution in [1.82, 2.24) is 10.2 Å². The molecule has 0 bridgehead atoms. The summed E-state index contributed by atoms with van der Waals surface area (Å²) in [5.41, 5.74) is 0.316. The monoisotopic (exact) mass is 421 g/mol. The van der Waals surface area contributed by atoms with Crippen molar-refractivity contribution >= 4 is 46.3 Å². The van der Waals surface area contributed by atoms with E-state index in [1.165, 1.54) is 22.3 Å². The van der Waals surface area contributed by atoms with Crippen LogP contribution in [0.5, 0.6) is 0 Å². The number of likely N-dealkylation sites (N-methyl/N-ethyl adjacent to an activating group) is 1. The minimum atomic E-state index is -0.376. The van der Waals surface area contributed by atoms with Gasteiger partial charge in [0.05, 0.1) is 22.1 Å². The van der Waals surface area contributed by atoms with Crippen LogP contribution in [0.2, 0.25) is 5.02 Å². The number of hydrogen-bond donors (Lipinski definition) is 2. The SMILES string of the molecule is CCN(CC(=O)NC(C)(C)C)C(=O)c1ccc(Cl)c(NC(=O)c2cccs2)c1. The second-order valence-electron chi connectivity index (χ2n) is 7.24. The van der Waals surface area contributed by atoms with Gasteiger partial charge >= 0.3 is 0 Å². The van der Waals surface area contributed by atoms with E-state index < -0.39 is 0 Å². The molecular formula is C20H24ClN3O3S. The Kier molecular flexibility index (Phi) is 7.21. The summed E-state index contributed by atoms with van der Waals surface area (Å²) in [6, 6.07) is 8.15. The number of benzene rings is 1. The predicted octanol–water partition coefficient (Wildman–Crippen LogP) is 4.03. The third-order valence-corrected chi connectivity index (χ3v) is 4.92. The molecule has 2 rings (SSSR count). The average molecular weight is 422 g/mol. The molecule has 0 aliphatic rings. The van der Waals surface area contributed by atoms with Gasteiger partial charge in [0, 0.05) is 17.6 Å². The standard InChI is InChI=1S/C20H24ClN3O3S/c1-5-24(12-17(25)23-20(2,3)4)19(27)13-8-9-14(21)15(11-13)22-18(26)16-7-6-10-28-16/h6-11H,5,12H2,1-4H3,(H,22,26)(H,23,25). The van der Waals surface area contributed by atoms with Crippen LogP contribution in [0.25, 0.3) is 0 Å². The summed E-state index contributed by atoms with van der Waals surface area (Å²) < 4.78 is 0. The number of thiophene rings is 1. The summed E-state index contributed by atoms with van der Waals surface area (Å²) in [5, 5.41) is 7.70. The minimum absolute atomic E-state index is 0.0495. The summed E-state index contributed by atoms with van der Waals surface area (Å²) in [7, 11) is 0. The molecule has 0 atom stereocenters. The van der Waals surface area contributed by atoms with Gasteiger partial charge in [-0.1, -0.05) is 17.7 Å². The lowest BCUT2D eigenvalue weighted by atomic mass is 10.1. The molecule has 0 saturated carbocycles. The van der Waals surface area contributed by atoms with Gasteiger partial charge in [-0.25, -0.2) is 0 Å². The molecule has 2 aromatic rings. The van der Waals surface area contributed by atoms with E-state index in [9.17, 15) is 14.4 Å². The van der Waals surface area contributed by atoms with Crippen molar-refractivity contribution in [2.24, 2.45) is 0 Å². The highest BCUT2D eigenvalue weighted by molar-refractivity contribution is 7.12. The van der Waals surface area contributed by atoms with Crippen LogP contribution in [0.4, 0.5) is 5.69 Å². The maximum Gasteiger partial charge on any atom is 0.265 e. The Balaban J connectivity index is 2.15. The number of nitrogens with one attached hydrogen (secondary N) is 2. The van der Waals surface area contributed by atoms with Crippen molar-refractivity contribution in [2.45, 2.75) is 33.2 Å². The van der Waals surface area contributed by atoms with Gasteiger partial charge in [0.1, 0.15) is 0 Å². The zero-order chi connectivity index (χ0) is 20.9. The fraction of sp³-hybridized carbons (Fsp3) is 0.350. The average Bonchev–Trinajstić information content (AvgIpc) is 3.14. The van der Waals surface area contributed by atoms with Crippen molar-refractivity contribution in [1.29, 1.82) is 0 Å². The molecule has 0 fully saturated rings. The number of carbonyl (C=O) groups excluding carboxylic acids is 3. The fourth-order valence-corrected chi connectivity index (χ4v) is 3.27. The van der Waals surface area contributed by atoms with Crippen molar-refractivity contribution in [3.63, 3.8) is 0 Å². The van der Waals surface area contributed by atoms with Crippen LogP contribution in [0, 0.1) is 0 Å². The van der Waals surface area contributed by atoms with Crippen molar-refractivity contribution in [3.05, 3.63) is 51.2 Å². The highest BCUT2D eigenvalue weighted by Gasteiger charge is 2.21. The van der Waals surface area contributed by atoms with Gasteiger partial charge in [-0.05, 0) is 57.3 Å². The second kappa shape index (κ2) is 9.21. The van der Waals surface area contributed by atoms with Crippen LogP contribution in [-0.4, -0.2) is 41.2 Å². The van der Waals surface area contributed by atoms with E-state index in [1.54, 1.807) is 36.6 Å². The Bertz CT molecular complexity index is 860. The molecule has 3 amide bonds. The van der Waals surface area contributed by atoms with Gasteiger partial charge in [-0.2, -0.15) is 0 Å². The molecule has 1 aromatic heterocycles. The van der Waals surface area contributed by atoms with Crippen LogP contribution < -0.4 is 10.6 Å². The summed E-state index contributed by atoms with van der Waals surface area (Å²) >= 11 is 7.49. The van der Waals surface area contributed by atoms with E-state index in [-0.39, 0.29) is 29.8 Å². The van der Waals surface area contributed by atoms with Crippen molar-refractivity contribution in [2.75, 3.05) is 18.4 Å². The quantitative estimate of drug-likeness (QED) is 0.739. The molecule has 150 valence electrons. The topological polar surface area (TPSA) is 78.5 Å². The third kappa shape index (κ3) is 6.07. The lowest BCUT2D eigenvalue weighted by molar-refractivity contribution is -0.123. The number of anilines is 1. The first-order valence-corrected chi connectivity index (χ1v) is 10.1. The van der Waals surface area contributed by atoms with Crippen LogP contribution >= 0.6 is 22.9 Å². The number of hydrogen-bond acceptors (Lipinski definition) is 4. The maximum absolute atomic E-state index is 12.8. The lowest BCUT2D eigenvalue weighted by Gasteiger charge is -2.25. The molecule has 1 aromatic carbocycles. The summed E-state index contributed by atoms with van der Waals surface area (Å²) in [4.78, 5) is 39.3. The van der Waals surface area contributed by atoms with Crippen molar-refractivity contribution in [3.8, 4) is 0 Å². The summed E-state index contributed by atoms with van der Waals surface area (Å²) in [6.07, 6.45) is 0. The molecule has 1 heterocycles. The number of halogens is 1. The maximum atomic E-state index is 12.8. The molecule has 6 nitrogen and oxygen atoms in total. The smallest absolute Gasteiger partial charge is 0.265 e. The van der Waals surface area contributed by atoms with E-state index in [0.29, 0.717) is 27.7 Å². The Morgan fingerprint density at radius 1 is 1.18 bits per heavy atom. The number of carbonyl (C=O) groups is 3. The second-order valence-corrected chi connectivity index (χ2v) is 8.60. The summed E-state index contributed by atoms with van der Waals surface area (Å²) in [6.45, 7) is 7.76. The van der Waals surface area contributed by atoms with Gasteiger partial charge in [-0.3, -0.25) is 14.4 Å². The molecule has 0 saturated heterocycles. The molecule has 0 aliphatic heterocycles. The first kappa shape index (κ1) is 21.9. The molecule has 8 heteroatoms. The highest BCUT2D eigenvalue weighted by atomic mass is 35.5. The Hall–Kier alpha value is -2.38. The van der Waals surface area contributed by atoms with Gasteiger partial charge in [0.2, 0.25) is 5.91 Å². The zero-order valence-corrected chi connectivity index (χ0v) is 17.9. The first-order chi connectivity index (χ1) is 13.1. The normalized spacial score (nSPS) is 11.0. The van der Waals surface area contributed by atoms with E-state index in [1.807, 2.05) is 20.8 Å². The number of amides is 3. The molecular weight excluding hydrogens is 398 g/mol. The Morgan fingerprint density at radius 2 is 1.89 bits per heavy atom. The largest absolute Gasteiger partial charge is 0.350 e. The first-order valence-electron chi connectivity index (χ1n) is 8.85. The van der Waals surface area contributed by atoms with Crippen LogP contribution in [0.3, 0.4) is 0 Å². The zero-order valence-electron chi connectivity index (χ0n) is 16.3. The fourth-order valence-electron chi connectivity index (χ4n) is 2.49. The molecule has 0 aliphatic carbocycles. The summed E-state index contributed by atoms with van der Waals surface area (Å²) in [5.74, 6) is -0.837. The molecule has 28 heavy (non-hydrogen) atoms. The van der Waals surface area contributed by atoms with E-state index >= 15 is 0 Å². The van der Waals surface area contributed by atoms with Gasteiger partial charge in [-0.15, -0.1) is 11.3 Å². The molecule has 2 N–H and O–H groups in total. The lowest BCUT2D eigenvalue weighted by Crippen LogP contribution is -2.47. The third-order valence-electron chi connectivity index (χ3n) is 3.72. The van der Waals surface area contributed by atoms with E-state index in [4.69, 9.17) is 11.6 Å².